The Balaban J connectivity index is 1.91. The highest BCUT2D eigenvalue weighted by Gasteiger charge is 2.38. The van der Waals surface area contributed by atoms with Crippen molar-refractivity contribution in [2.75, 3.05) is 13.1 Å². The van der Waals surface area contributed by atoms with Gasteiger partial charge in [-0.05, 0) is 45.7 Å². The van der Waals surface area contributed by atoms with Gasteiger partial charge in [0.15, 0.2) is 0 Å². The summed E-state index contributed by atoms with van der Waals surface area (Å²) in [4.78, 5) is 13.8. The third kappa shape index (κ3) is 4.62. The monoisotopic (exact) mass is 325 g/mol. The van der Waals surface area contributed by atoms with Crippen LogP contribution in [0.1, 0.15) is 39.7 Å². The predicted octanol–water partition coefficient (Wildman–Crippen LogP) is 4.26. The first-order valence-electron chi connectivity index (χ1n) is 7.54. The van der Waals surface area contributed by atoms with Crippen molar-refractivity contribution < 1.29 is 14.3 Å². The smallest absolute Gasteiger partial charge is 0.410 e. The zero-order chi connectivity index (χ0) is 16.4. The van der Waals surface area contributed by atoms with Gasteiger partial charge in [0.1, 0.15) is 5.60 Å². The van der Waals surface area contributed by atoms with Gasteiger partial charge < -0.3 is 14.4 Å². The van der Waals surface area contributed by atoms with Crippen LogP contribution in [0.15, 0.2) is 24.3 Å². The van der Waals surface area contributed by atoms with Gasteiger partial charge in [-0.1, -0.05) is 29.8 Å². The molecule has 2 rings (SSSR count). The second-order valence-electron chi connectivity index (χ2n) is 6.98. The number of rotatable bonds is 3. The van der Waals surface area contributed by atoms with Crippen LogP contribution in [0.25, 0.3) is 0 Å². The maximum atomic E-state index is 12.1. The molecule has 1 aromatic carbocycles. The van der Waals surface area contributed by atoms with E-state index in [-0.39, 0.29) is 11.7 Å². The van der Waals surface area contributed by atoms with E-state index in [1.807, 2.05) is 52.0 Å². The average Bonchev–Trinajstić information content (AvgIpc) is 2.79. The highest BCUT2D eigenvalue weighted by molar-refractivity contribution is 6.31. The summed E-state index contributed by atoms with van der Waals surface area (Å²) in [6, 6.07) is 7.64. The van der Waals surface area contributed by atoms with Crippen molar-refractivity contribution in [3.05, 3.63) is 34.9 Å². The van der Waals surface area contributed by atoms with Crippen molar-refractivity contribution in [2.45, 2.75) is 51.9 Å². The van der Waals surface area contributed by atoms with E-state index in [1.54, 1.807) is 4.90 Å². The van der Waals surface area contributed by atoms with Gasteiger partial charge in [0.05, 0.1) is 18.8 Å². The van der Waals surface area contributed by atoms with Crippen LogP contribution in [0.3, 0.4) is 0 Å². The molecule has 1 saturated heterocycles. The van der Waals surface area contributed by atoms with Crippen LogP contribution in [-0.2, 0) is 16.1 Å². The molecule has 1 atom stereocenters. The number of amides is 1. The number of hydrogen-bond donors (Lipinski definition) is 0. The third-order valence-electron chi connectivity index (χ3n) is 3.62. The van der Waals surface area contributed by atoms with Crippen molar-refractivity contribution >= 4 is 17.7 Å². The van der Waals surface area contributed by atoms with Crippen LogP contribution in [0.4, 0.5) is 4.79 Å². The fourth-order valence-corrected chi connectivity index (χ4v) is 2.59. The molecule has 1 aromatic rings. The molecule has 1 aliphatic heterocycles. The molecule has 0 saturated carbocycles. The molecule has 1 amide bonds. The lowest BCUT2D eigenvalue weighted by Gasteiger charge is -2.27. The Labute approximate surface area is 137 Å². The van der Waals surface area contributed by atoms with Gasteiger partial charge in [0.25, 0.3) is 0 Å². The molecule has 5 heteroatoms. The molecule has 0 spiro atoms. The molecule has 1 heterocycles. The van der Waals surface area contributed by atoms with Gasteiger partial charge in [0, 0.05) is 11.6 Å². The first-order chi connectivity index (χ1) is 10.2. The lowest BCUT2D eigenvalue weighted by atomic mass is 10.1. The van der Waals surface area contributed by atoms with Crippen molar-refractivity contribution in [1.82, 2.24) is 4.90 Å². The maximum absolute atomic E-state index is 12.1. The fourth-order valence-electron chi connectivity index (χ4n) is 2.40. The predicted molar refractivity (Wildman–Crippen MR) is 87.1 cm³/mol. The van der Waals surface area contributed by atoms with Crippen LogP contribution >= 0.6 is 11.6 Å². The van der Waals surface area contributed by atoms with E-state index in [9.17, 15) is 4.79 Å². The van der Waals surface area contributed by atoms with E-state index < -0.39 is 5.60 Å². The number of hydrogen-bond acceptors (Lipinski definition) is 3. The maximum Gasteiger partial charge on any atom is 0.410 e. The zero-order valence-electron chi connectivity index (χ0n) is 13.7. The first kappa shape index (κ1) is 17.1. The first-order valence-corrected chi connectivity index (χ1v) is 7.92. The van der Waals surface area contributed by atoms with Gasteiger partial charge in [-0.3, -0.25) is 0 Å². The van der Waals surface area contributed by atoms with Crippen molar-refractivity contribution in [1.29, 1.82) is 0 Å². The Morgan fingerprint density at radius 3 is 2.68 bits per heavy atom. The quantitative estimate of drug-likeness (QED) is 0.833. The van der Waals surface area contributed by atoms with Crippen molar-refractivity contribution in [2.24, 2.45) is 0 Å². The molecule has 0 aromatic heterocycles. The van der Waals surface area contributed by atoms with Crippen LogP contribution in [0.5, 0.6) is 0 Å². The van der Waals surface area contributed by atoms with Gasteiger partial charge >= 0.3 is 6.09 Å². The molecular weight excluding hydrogens is 302 g/mol. The molecule has 0 N–H and O–H groups in total. The van der Waals surface area contributed by atoms with E-state index >= 15 is 0 Å². The number of nitrogens with zero attached hydrogens (tertiary/aromatic N) is 1. The Morgan fingerprint density at radius 2 is 2.05 bits per heavy atom. The normalized spacial score (nSPS) is 22.0. The SMILES string of the molecule is CC(C)(C)OC(=O)N1CCC(C)(OCc2ccccc2Cl)C1. The Hall–Kier alpha value is -1.26. The summed E-state index contributed by atoms with van der Waals surface area (Å²) in [5, 5.41) is 0.702. The second-order valence-corrected chi connectivity index (χ2v) is 7.39. The van der Waals surface area contributed by atoms with Gasteiger partial charge in [0.2, 0.25) is 0 Å². The van der Waals surface area contributed by atoms with Crippen LogP contribution in [0, 0.1) is 0 Å². The molecule has 122 valence electrons. The molecular formula is C17H24ClNO3. The minimum absolute atomic E-state index is 0.280. The minimum Gasteiger partial charge on any atom is -0.444 e. The molecule has 0 bridgehead atoms. The molecule has 1 unspecified atom stereocenters. The second kappa shape index (κ2) is 6.47. The number of carbonyl (C=O) groups is 1. The topological polar surface area (TPSA) is 38.8 Å². The van der Waals surface area contributed by atoms with E-state index in [0.29, 0.717) is 24.7 Å². The largest absolute Gasteiger partial charge is 0.444 e. The molecule has 1 fully saturated rings. The number of likely N-dealkylation sites (tertiary alicyclic amines) is 1. The molecule has 0 aliphatic carbocycles. The summed E-state index contributed by atoms with van der Waals surface area (Å²) < 4.78 is 11.4. The summed E-state index contributed by atoms with van der Waals surface area (Å²) in [7, 11) is 0. The van der Waals surface area contributed by atoms with Gasteiger partial charge in [-0.2, -0.15) is 0 Å². The molecule has 1 aliphatic rings. The standard InChI is InChI=1S/C17H24ClNO3/c1-16(2,3)22-15(20)19-10-9-17(4,12-19)21-11-13-7-5-6-8-14(13)18/h5-8H,9-12H2,1-4H3. The summed E-state index contributed by atoms with van der Waals surface area (Å²) >= 11 is 6.14. The summed E-state index contributed by atoms with van der Waals surface area (Å²) in [5.41, 5.74) is 0.117. The van der Waals surface area contributed by atoms with Crippen molar-refractivity contribution in [3.63, 3.8) is 0 Å². The number of ether oxygens (including phenoxy) is 2. The average molecular weight is 326 g/mol. The van der Waals surface area contributed by atoms with Gasteiger partial charge in [-0.25, -0.2) is 4.79 Å². The van der Waals surface area contributed by atoms with E-state index in [1.165, 1.54) is 0 Å². The lowest BCUT2D eigenvalue weighted by Crippen LogP contribution is -2.39. The molecule has 22 heavy (non-hydrogen) atoms. The number of benzene rings is 1. The number of carbonyl (C=O) groups excluding carboxylic acids is 1. The van der Waals surface area contributed by atoms with E-state index in [2.05, 4.69) is 0 Å². The van der Waals surface area contributed by atoms with Crippen LogP contribution in [0.2, 0.25) is 5.02 Å². The summed E-state index contributed by atoms with van der Waals surface area (Å²) in [6.45, 7) is 9.25. The van der Waals surface area contributed by atoms with Gasteiger partial charge in [-0.15, -0.1) is 0 Å². The highest BCUT2D eigenvalue weighted by atomic mass is 35.5. The Kier molecular flexibility index (Phi) is 5.03. The molecule has 4 nitrogen and oxygen atoms in total. The zero-order valence-corrected chi connectivity index (χ0v) is 14.4. The summed E-state index contributed by atoms with van der Waals surface area (Å²) in [5.74, 6) is 0. The van der Waals surface area contributed by atoms with E-state index in [0.717, 1.165) is 12.0 Å². The van der Waals surface area contributed by atoms with E-state index in [4.69, 9.17) is 21.1 Å². The Morgan fingerprint density at radius 1 is 1.36 bits per heavy atom. The third-order valence-corrected chi connectivity index (χ3v) is 3.99. The van der Waals surface area contributed by atoms with Crippen LogP contribution in [-0.4, -0.2) is 35.3 Å². The van der Waals surface area contributed by atoms with Crippen molar-refractivity contribution in [3.8, 4) is 0 Å². The fraction of sp³-hybridized carbons (Fsp3) is 0.588. The highest BCUT2D eigenvalue weighted by Crippen LogP contribution is 2.28. The minimum atomic E-state index is -0.478. The Bertz CT molecular complexity index is 541. The number of halogens is 1. The lowest BCUT2D eigenvalue weighted by molar-refractivity contribution is -0.0374. The molecule has 0 radical (unpaired) electrons. The van der Waals surface area contributed by atoms with Crippen LogP contribution < -0.4 is 0 Å². The summed E-state index contributed by atoms with van der Waals surface area (Å²) in [6.07, 6.45) is 0.508.